The van der Waals surface area contributed by atoms with Gasteiger partial charge in [0.2, 0.25) is 0 Å². The van der Waals surface area contributed by atoms with Crippen molar-refractivity contribution in [1.29, 1.82) is 0 Å². The zero-order valence-corrected chi connectivity index (χ0v) is 25.1. The van der Waals surface area contributed by atoms with E-state index in [4.69, 9.17) is 0 Å². The zero-order valence-electron chi connectivity index (χ0n) is 24.3. The second-order valence-corrected chi connectivity index (χ2v) is 12.9. The van der Waals surface area contributed by atoms with E-state index in [-0.39, 0.29) is 0 Å². The van der Waals surface area contributed by atoms with Crippen LogP contribution in [0.4, 0.5) is 0 Å². The van der Waals surface area contributed by atoms with E-state index in [0.717, 1.165) is 0 Å². The van der Waals surface area contributed by atoms with Crippen molar-refractivity contribution in [2.75, 3.05) is 0 Å². The fourth-order valence-electron chi connectivity index (χ4n) is 7.28. The molecular weight excluding hydrogens is 565 g/mol. The van der Waals surface area contributed by atoms with Gasteiger partial charge in [0.05, 0.1) is 22.1 Å². The van der Waals surface area contributed by atoms with Gasteiger partial charge in [0, 0.05) is 53.1 Å². The Labute approximate surface area is 263 Å². The summed E-state index contributed by atoms with van der Waals surface area (Å²) >= 11 is 1.88. The van der Waals surface area contributed by atoms with Crippen molar-refractivity contribution in [3.63, 3.8) is 0 Å². The van der Waals surface area contributed by atoms with Crippen LogP contribution in [0.1, 0.15) is 0 Å². The van der Waals surface area contributed by atoms with Gasteiger partial charge in [0.15, 0.2) is 0 Å². The number of para-hydroxylation sites is 2. The summed E-state index contributed by atoms with van der Waals surface area (Å²) in [6.07, 6.45) is 0. The molecule has 0 unspecified atom stereocenters. The first-order chi connectivity index (χ1) is 22.3. The van der Waals surface area contributed by atoms with Crippen LogP contribution < -0.4 is 0 Å². The molecule has 2 nitrogen and oxygen atoms in total. The summed E-state index contributed by atoms with van der Waals surface area (Å²) in [6, 6.07) is 57.7. The lowest BCUT2D eigenvalue weighted by Crippen LogP contribution is -1.95. The highest BCUT2D eigenvalue weighted by Gasteiger charge is 2.18. The summed E-state index contributed by atoms with van der Waals surface area (Å²) in [5, 5.41) is 7.73. The molecule has 0 spiro atoms. The molecule has 45 heavy (non-hydrogen) atoms. The van der Waals surface area contributed by atoms with Crippen molar-refractivity contribution in [2.45, 2.75) is 0 Å². The molecule has 7 aromatic carbocycles. The first-order valence-electron chi connectivity index (χ1n) is 15.4. The lowest BCUT2D eigenvalue weighted by atomic mass is 10.0. The largest absolute Gasteiger partial charge is 0.309 e. The third kappa shape index (κ3) is 3.62. The lowest BCUT2D eigenvalue weighted by molar-refractivity contribution is 1.17. The minimum atomic E-state index is 1.17. The Balaban J connectivity index is 1.30. The van der Waals surface area contributed by atoms with Gasteiger partial charge in [-0.15, -0.1) is 11.3 Å². The Kier molecular flexibility index (Phi) is 5.19. The van der Waals surface area contributed by atoms with Gasteiger partial charge in [-0.1, -0.05) is 91.0 Å². The Morgan fingerprint density at radius 2 is 0.933 bits per heavy atom. The minimum Gasteiger partial charge on any atom is -0.309 e. The molecule has 0 amide bonds. The average Bonchev–Trinajstić information content (AvgIpc) is 3.74. The van der Waals surface area contributed by atoms with Crippen LogP contribution in [0.25, 0.3) is 86.3 Å². The Hall–Kier alpha value is -5.64. The van der Waals surface area contributed by atoms with Crippen LogP contribution in [0, 0.1) is 0 Å². The maximum Gasteiger partial charge on any atom is 0.0555 e. The van der Waals surface area contributed by atoms with E-state index in [1.807, 2.05) is 11.3 Å². The van der Waals surface area contributed by atoms with Gasteiger partial charge >= 0.3 is 0 Å². The van der Waals surface area contributed by atoms with Crippen molar-refractivity contribution in [3.8, 4) is 22.5 Å². The highest BCUT2D eigenvalue weighted by molar-refractivity contribution is 7.25. The second-order valence-electron chi connectivity index (χ2n) is 11.8. The van der Waals surface area contributed by atoms with Crippen LogP contribution in [0.2, 0.25) is 0 Å². The summed E-state index contributed by atoms with van der Waals surface area (Å²) in [7, 11) is 0. The number of fused-ring (bicyclic) bond motifs is 9. The van der Waals surface area contributed by atoms with Crippen LogP contribution in [0.5, 0.6) is 0 Å². The van der Waals surface area contributed by atoms with Crippen molar-refractivity contribution < 1.29 is 0 Å². The van der Waals surface area contributed by atoms with Crippen molar-refractivity contribution in [2.24, 2.45) is 0 Å². The van der Waals surface area contributed by atoms with Crippen LogP contribution in [-0.2, 0) is 0 Å². The van der Waals surface area contributed by atoms with Gasteiger partial charge in [-0.25, -0.2) is 0 Å². The highest BCUT2D eigenvalue weighted by Crippen LogP contribution is 2.42. The van der Waals surface area contributed by atoms with E-state index >= 15 is 0 Å². The lowest BCUT2D eigenvalue weighted by Gasteiger charge is -2.11. The Morgan fingerprint density at radius 3 is 1.78 bits per heavy atom. The molecule has 0 bridgehead atoms. The van der Waals surface area contributed by atoms with Crippen LogP contribution in [-0.4, -0.2) is 9.13 Å². The number of hydrogen-bond acceptors (Lipinski definition) is 1. The molecule has 0 radical (unpaired) electrons. The molecule has 0 atom stereocenters. The van der Waals surface area contributed by atoms with E-state index in [0.29, 0.717) is 0 Å². The molecule has 0 N–H and O–H groups in total. The molecule has 3 aromatic heterocycles. The van der Waals surface area contributed by atoms with Gasteiger partial charge in [-0.05, 0) is 77.9 Å². The van der Waals surface area contributed by atoms with Gasteiger partial charge < -0.3 is 9.13 Å². The van der Waals surface area contributed by atoms with Crippen molar-refractivity contribution in [3.05, 3.63) is 158 Å². The molecule has 0 aliphatic carbocycles. The fourth-order valence-corrected chi connectivity index (χ4v) is 8.40. The average molecular weight is 591 g/mol. The third-order valence-electron chi connectivity index (χ3n) is 9.30. The van der Waals surface area contributed by atoms with E-state index in [2.05, 4.69) is 167 Å². The van der Waals surface area contributed by atoms with Crippen LogP contribution in [0.3, 0.4) is 0 Å². The number of thiophene rings is 1. The Bertz CT molecular complexity index is 2740. The molecular formula is C42H26N2S. The molecule has 210 valence electrons. The second kappa shape index (κ2) is 9.43. The summed E-state index contributed by atoms with van der Waals surface area (Å²) in [4.78, 5) is 0. The number of rotatable bonds is 3. The van der Waals surface area contributed by atoms with Gasteiger partial charge in [-0.3, -0.25) is 0 Å². The van der Waals surface area contributed by atoms with Crippen LogP contribution in [0.15, 0.2) is 158 Å². The molecule has 0 saturated carbocycles. The zero-order chi connectivity index (χ0) is 29.5. The van der Waals surface area contributed by atoms with E-state index in [9.17, 15) is 0 Å². The quantitative estimate of drug-likeness (QED) is 0.194. The number of hydrogen-bond donors (Lipinski definition) is 0. The fraction of sp³-hybridized carbons (Fsp3) is 0. The molecule has 0 aliphatic heterocycles. The first kappa shape index (κ1) is 24.8. The van der Waals surface area contributed by atoms with Crippen LogP contribution >= 0.6 is 11.3 Å². The normalized spacial score (nSPS) is 12.0. The Morgan fingerprint density at radius 1 is 0.311 bits per heavy atom. The standard InChI is InChI=1S/C42H26N2S/c1-3-11-27(12-4-1)28-19-21-38-33(23-28)35-25-36-32-16-8-10-18-41(32)45-42(36)26-40(35)44(38)30-20-22-39-34(24-30)31-15-7-9-17-37(31)43(39)29-13-5-2-6-14-29/h1-26H. The van der Waals surface area contributed by atoms with Crippen molar-refractivity contribution >= 4 is 75.1 Å². The molecule has 3 heterocycles. The van der Waals surface area contributed by atoms with Gasteiger partial charge in [0.25, 0.3) is 0 Å². The number of nitrogens with zero attached hydrogens (tertiary/aromatic N) is 2. The maximum absolute atomic E-state index is 2.47. The topological polar surface area (TPSA) is 9.86 Å². The first-order valence-corrected chi connectivity index (χ1v) is 16.2. The summed E-state index contributed by atoms with van der Waals surface area (Å²) < 4.78 is 7.50. The summed E-state index contributed by atoms with van der Waals surface area (Å²) in [6.45, 7) is 0. The van der Waals surface area contributed by atoms with E-state index in [1.165, 1.54) is 86.3 Å². The van der Waals surface area contributed by atoms with Gasteiger partial charge in [-0.2, -0.15) is 0 Å². The molecule has 3 heteroatoms. The predicted octanol–water partition coefficient (Wildman–Crippen LogP) is 11.9. The summed E-state index contributed by atoms with van der Waals surface area (Å²) in [5.41, 5.74) is 9.71. The summed E-state index contributed by atoms with van der Waals surface area (Å²) in [5.74, 6) is 0. The highest BCUT2D eigenvalue weighted by atomic mass is 32.1. The SMILES string of the molecule is c1ccc(-c2ccc3c(c2)c2cc4c(cc2n3-c2ccc3c(c2)c2ccccc2n3-c2ccccc2)sc2ccccc24)cc1. The monoisotopic (exact) mass is 590 g/mol. The maximum atomic E-state index is 2.47. The molecule has 0 saturated heterocycles. The predicted molar refractivity (Wildman–Crippen MR) is 193 cm³/mol. The smallest absolute Gasteiger partial charge is 0.0555 e. The third-order valence-corrected chi connectivity index (χ3v) is 10.4. The molecule has 0 fully saturated rings. The molecule has 10 aromatic rings. The minimum absolute atomic E-state index is 1.17. The molecule has 0 aliphatic rings. The van der Waals surface area contributed by atoms with Crippen molar-refractivity contribution in [1.82, 2.24) is 9.13 Å². The number of aromatic nitrogens is 2. The van der Waals surface area contributed by atoms with E-state index < -0.39 is 0 Å². The molecule has 10 rings (SSSR count). The number of benzene rings is 7. The van der Waals surface area contributed by atoms with E-state index in [1.54, 1.807) is 0 Å². The van der Waals surface area contributed by atoms with Gasteiger partial charge in [0.1, 0.15) is 0 Å².